The monoisotopic (exact) mass is 381 g/mol. The van der Waals surface area contributed by atoms with Gasteiger partial charge in [0.25, 0.3) is 17.5 Å². The molecule has 0 fully saturated rings. The van der Waals surface area contributed by atoms with Crippen molar-refractivity contribution in [3.8, 4) is 0 Å². The van der Waals surface area contributed by atoms with Gasteiger partial charge in [0.05, 0.1) is 10.5 Å². The first-order valence-electron chi connectivity index (χ1n) is 8.97. The second kappa shape index (κ2) is 7.99. The molecule has 0 saturated carbocycles. The average Bonchev–Trinajstić information content (AvgIpc) is 2.94. The molecule has 2 aromatic carbocycles. The number of carbonyl (C=O) groups is 3. The Balaban J connectivity index is 1.95. The van der Waals surface area contributed by atoms with Crippen LogP contribution < -0.4 is 5.32 Å². The van der Waals surface area contributed by atoms with Gasteiger partial charge >= 0.3 is 0 Å². The predicted octanol–water partition coefficient (Wildman–Crippen LogP) is 3.39. The van der Waals surface area contributed by atoms with Crippen molar-refractivity contribution in [2.24, 2.45) is 0 Å². The SMILES string of the molecule is CCCC[C@H](C(=O)Nc1ccccc1)N1C(=O)c2cccc([N+](=O)[O-])c2C1=O. The number of fused-ring (bicyclic) bond motifs is 1. The minimum atomic E-state index is -1.05. The minimum absolute atomic E-state index is 0.0480. The molecule has 8 heteroatoms. The molecule has 0 saturated heterocycles. The predicted molar refractivity (Wildman–Crippen MR) is 102 cm³/mol. The van der Waals surface area contributed by atoms with Crippen molar-refractivity contribution < 1.29 is 19.3 Å². The molecule has 1 atom stereocenters. The first-order chi connectivity index (χ1) is 13.5. The van der Waals surface area contributed by atoms with E-state index in [0.29, 0.717) is 12.1 Å². The van der Waals surface area contributed by atoms with Crippen LogP contribution in [-0.2, 0) is 4.79 Å². The molecule has 0 unspecified atom stereocenters. The molecular weight excluding hydrogens is 362 g/mol. The Morgan fingerprint density at radius 3 is 2.46 bits per heavy atom. The quantitative estimate of drug-likeness (QED) is 0.449. The first kappa shape index (κ1) is 19.2. The Morgan fingerprint density at radius 1 is 1.11 bits per heavy atom. The van der Waals surface area contributed by atoms with E-state index in [4.69, 9.17) is 0 Å². The first-order valence-corrected chi connectivity index (χ1v) is 8.97. The van der Waals surface area contributed by atoms with Crippen LogP contribution in [0.3, 0.4) is 0 Å². The van der Waals surface area contributed by atoms with Gasteiger partial charge in [-0.05, 0) is 24.6 Å². The zero-order valence-corrected chi connectivity index (χ0v) is 15.3. The lowest BCUT2D eigenvalue weighted by molar-refractivity contribution is -0.385. The van der Waals surface area contributed by atoms with Gasteiger partial charge in [0.1, 0.15) is 11.6 Å². The van der Waals surface area contributed by atoms with E-state index in [1.807, 2.05) is 6.92 Å². The number of nitrogens with one attached hydrogen (secondary N) is 1. The molecule has 0 aliphatic carbocycles. The van der Waals surface area contributed by atoms with Crippen LogP contribution in [0.2, 0.25) is 0 Å². The lowest BCUT2D eigenvalue weighted by Gasteiger charge is -2.25. The van der Waals surface area contributed by atoms with Crippen molar-refractivity contribution in [2.75, 3.05) is 5.32 Å². The molecule has 1 N–H and O–H groups in total. The van der Waals surface area contributed by atoms with E-state index in [0.717, 1.165) is 11.3 Å². The summed E-state index contributed by atoms with van der Waals surface area (Å²) in [6.07, 6.45) is 1.65. The Kier molecular flexibility index (Phi) is 5.49. The third-order valence-electron chi connectivity index (χ3n) is 4.61. The van der Waals surface area contributed by atoms with Gasteiger partial charge in [-0.2, -0.15) is 0 Å². The highest BCUT2D eigenvalue weighted by Crippen LogP contribution is 2.33. The molecule has 1 aliphatic rings. The number of para-hydroxylation sites is 1. The van der Waals surface area contributed by atoms with E-state index in [1.54, 1.807) is 30.3 Å². The fourth-order valence-corrected chi connectivity index (χ4v) is 3.24. The Hall–Kier alpha value is -3.55. The van der Waals surface area contributed by atoms with Gasteiger partial charge in [0.2, 0.25) is 5.91 Å². The number of hydrogen-bond donors (Lipinski definition) is 1. The van der Waals surface area contributed by atoms with Crippen molar-refractivity contribution in [1.82, 2.24) is 4.90 Å². The lowest BCUT2D eigenvalue weighted by Crippen LogP contribution is -2.47. The third kappa shape index (κ3) is 3.48. The number of hydrogen-bond acceptors (Lipinski definition) is 5. The summed E-state index contributed by atoms with van der Waals surface area (Å²) in [6, 6.07) is 11.6. The number of carbonyl (C=O) groups excluding carboxylic acids is 3. The molecule has 0 spiro atoms. The number of amides is 3. The van der Waals surface area contributed by atoms with E-state index in [2.05, 4.69) is 5.32 Å². The average molecular weight is 381 g/mol. The number of benzene rings is 2. The maximum absolute atomic E-state index is 12.9. The number of rotatable bonds is 7. The summed E-state index contributed by atoms with van der Waals surface area (Å²) in [6.45, 7) is 1.93. The summed E-state index contributed by atoms with van der Waals surface area (Å²) >= 11 is 0. The summed E-state index contributed by atoms with van der Waals surface area (Å²) in [5.74, 6) is -2.00. The topological polar surface area (TPSA) is 110 Å². The normalized spacial score (nSPS) is 14.0. The van der Waals surface area contributed by atoms with Crippen LogP contribution in [-0.4, -0.2) is 33.6 Å². The van der Waals surface area contributed by atoms with Gasteiger partial charge in [-0.3, -0.25) is 29.4 Å². The Labute approximate surface area is 161 Å². The van der Waals surface area contributed by atoms with Gasteiger partial charge in [-0.25, -0.2) is 0 Å². The number of nitro benzene ring substituents is 1. The highest BCUT2D eigenvalue weighted by molar-refractivity contribution is 6.24. The highest BCUT2D eigenvalue weighted by atomic mass is 16.6. The number of unbranched alkanes of at least 4 members (excludes halogenated alkanes) is 1. The molecule has 0 radical (unpaired) electrons. The van der Waals surface area contributed by atoms with Crippen LogP contribution in [0.15, 0.2) is 48.5 Å². The van der Waals surface area contributed by atoms with Crippen molar-refractivity contribution in [2.45, 2.75) is 32.2 Å². The molecular formula is C20H19N3O5. The Morgan fingerprint density at radius 2 is 1.82 bits per heavy atom. The van der Waals surface area contributed by atoms with Gasteiger partial charge in [0, 0.05) is 11.8 Å². The van der Waals surface area contributed by atoms with E-state index < -0.39 is 34.4 Å². The number of imide groups is 1. The van der Waals surface area contributed by atoms with E-state index in [1.165, 1.54) is 18.2 Å². The zero-order valence-electron chi connectivity index (χ0n) is 15.3. The van der Waals surface area contributed by atoms with Gasteiger partial charge in [0.15, 0.2) is 0 Å². The van der Waals surface area contributed by atoms with Crippen molar-refractivity contribution >= 4 is 29.1 Å². The van der Waals surface area contributed by atoms with Gasteiger partial charge < -0.3 is 5.32 Å². The van der Waals surface area contributed by atoms with Crippen molar-refractivity contribution in [3.63, 3.8) is 0 Å². The second-order valence-corrected chi connectivity index (χ2v) is 6.45. The van der Waals surface area contributed by atoms with Crippen molar-refractivity contribution in [1.29, 1.82) is 0 Å². The summed E-state index contributed by atoms with van der Waals surface area (Å²) in [5.41, 5.74) is -0.202. The van der Waals surface area contributed by atoms with Crippen LogP contribution in [0.25, 0.3) is 0 Å². The second-order valence-electron chi connectivity index (χ2n) is 6.45. The molecule has 144 valence electrons. The minimum Gasteiger partial charge on any atom is -0.324 e. The molecule has 2 aromatic rings. The number of nitro groups is 1. The largest absolute Gasteiger partial charge is 0.324 e. The van der Waals surface area contributed by atoms with E-state index >= 15 is 0 Å². The van der Waals surface area contributed by atoms with Gasteiger partial charge in [-0.15, -0.1) is 0 Å². The molecule has 3 amide bonds. The number of nitrogens with zero attached hydrogens (tertiary/aromatic N) is 2. The van der Waals surface area contributed by atoms with Crippen LogP contribution in [0, 0.1) is 10.1 Å². The maximum Gasteiger partial charge on any atom is 0.282 e. The summed E-state index contributed by atoms with van der Waals surface area (Å²) < 4.78 is 0. The lowest BCUT2D eigenvalue weighted by atomic mass is 10.1. The molecule has 1 heterocycles. The summed E-state index contributed by atoms with van der Waals surface area (Å²) in [5, 5.41) is 14.0. The molecule has 0 aromatic heterocycles. The molecule has 28 heavy (non-hydrogen) atoms. The molecule has 0 bridgehead atoms. The maximum atomic E-state index is 12.9. The van der Waals surface area contributed by atoms with E-state index in [9.17, 15) is 24.5 Å². The van der Waals surface area contributed by atoms with E-state index in [-0.39, 0.29) is 17.5 Å². The van der Waals surface area contributed by atoms with Crippen LogP contribution in [0.4, 0.5) is 11.4 Å². The fourth-order valence-electron chi connectivity index (χ4n) is 3.24. The van der Waals surface area contributed by atoms with Crippen molar-refractivity contribution in [3.05, 3.63) is 69.8 Å². The third-order valence-corrected chi connectivity index (χ3v) is 4.61. The standard InChI is InChI=1S/C20H19N3O5/c1-2-3-11-16(18(24)21-13-8-5-4-6-9-13)22-19(25)14-10-7-12-15(23(27)28)17(14)20(22)26/h4-10,12,16H,2-3,11H2,1H3,(H,21,24)/t16-/m1/s1. The van der Waals surface area contributed by atoms with Gasteiger partial charge in [-0.1, -0.05) is 44.0 Å². The zero-order chi connectivity index (χ0) is 20.3. The smallest absolute Gasteiger partial charge is 0.282 e. The molecule has 3 rings (SSSR count). The van der Waals surface area contributed by atoms with Crippen LogP contribution in [0.5, 0.6) is 0 Å². The Bertz CT molecular complexity index is 942. The van der Waals surface area contributed by atoms with Crippen LogP contribution in [0.1, 0.15) is 46.9 Å². The highest BCUT2D eigenvalue weighted by Gasteiger charge is 2.46. The molecule has 1 aliphatic heterocycles. The summed E-state index contributed by atoms with van der Waals surface area (Å²) in [4.78, 5) is 50.1. The fraction of sp³-hybridized carbons (Fsp3) is 0.250. The summed E-state index contributed by atoms with van der Waals surface area (Å²) in [7, 11) is 0. The number of anilines is 1. The molecule has 8 nitrogen and oxygen atoms in total. The van der Waals surface area contributed by atoms with Crippen LogP contribution >= 0.6 is 0 Å².